The van der Waals surface area contributed by atoms with Crippen LogP contribution in [-0.2, 0) is 24.0 Å². The third kappa shape index (κ3) is 21.1. The van der Waals surface area contributed by atoms with Crippen LogP contribution in [0.1, 0.15) is 111 Å². The van der Waals surface area contributed by atoms with Crippen molar-refractivity contribution in [2.24, 2.45) is 0 Å². The number of benzene rings is 13. The number of aliphatic carboxylic acids is 5. The first-order chi connectivity index (χ1) is 66.5. The quantitative estimate of drug-likeness (QED) is 0.0371. The Bertz CT molecular complexity index is 8200. The third-order valence-electron chi connectivity index (χ3n) is 23.6. The minimum Gasteiger partial charge on any atom is -0.485 e. The molecule has 0 amide bonds. The Hall–Kier alpha value is -17.5. The lowest BCUT2D eigenvalue weighted by Gasteiger charge is -2.23. The maximum Gasteiger partial charge on any atom is 0.328 e. The number of halogens is 1. The van der Waals surface area contributed by atoms with Crippen LogP contribution in [0.2, 0.25) is 0 Å². The molecule has 0 fully saturated rings. The number of fused-ring (bicyclic) bond motifs is 9. The average molecular weight is 1860 g/mol. The highest BCUT2D eigenvalue weighted by Gasteiger charge is 2.31. The van der Waals surface area contributed by atoms with Crippen LogP contribution < -0.4 is 9.47 Å². The fourth-order valence-corrected chi connectivity index (χ4v) is 18.4. The molecule has 22 nitrogen and oxygen atoms in total. The van der Waals surface area contributed by atoms with Crippen molar-refractivity contribution in [1.82, 2.24) is 24.9 Å². The van der Waals surface area contributed by atoms with E-state index >= 15 is 0 Å². The maximum atomic E-state index is 14.1. The summed E-state index contributed by atoms with van der Waals surface area (Å²) in [5.74, 6) is -3.89. The lowest BCUT2D eigenvalue weighted by molar-refractivity contribution is -0.139. The monoisotopic (exact) mass is 1850 g/mol. The van der Waals surface area contributed by atoms with E-state index in [4.69, 9.17) is 30.1 Å². The van der Waals surface area contributed by atoms with Crippen molar-refractivity contribution in [2.75, 3.05) is 13.2 Å². The van der Waals surface area contributed by atoms with Crippen LogP contribution in [0.25, 0.3) is 148 Å². The molecule has 19 rings (SSSR count). The molecule has 2 unspecified atom stereocenters. The molecule has 1 aliphatic heterocycles. The third-order valence-corrected chi connectivity index (χ3v) is 25.9. The standard InChI is InChI=1S/C24H17FN2O2S.C24H18N2O2.C23H14N2O2.C22H18N2O4S.C20H16N2O2/c1-24(2,23(28)29)30-17-6-3-15-12-27-13-22(20(15)10-17)19-7-4-14(11-26)18-8-5-16(25)9-21(18)19;1-15(10-24(27)28)16-6-7-18-13-26-14-23(22(18)11-16)21-9-8-17(12-25)19-4-2-3-5-20(19)21;24-12-16-8-9-20(19-4-2-1-3-18(16)19)22-14-25-13-17-7-5-15(11-21(17)22)6-10-23(26)27;1-22(2,21(25)26)29-15-5-3-14-11-24-12-18(17(14)9-15)16-6-4-13(10-23)19-20(16)28-8-7-27-19;1-13(8-20(23)24)16-6-7-17-11-22-12-19(18(17)9-16)15-4-2-14(10-21)3-5-15/h3-10,12-13H,1-2H3,(H,28,29);2-9,11,13-15H,10H2,1H3,(H,27,28);1-11,13-14H,(H,26,27);3-6,9,11-12H,7-8H2,1-2H3,(H,25,26);2-7,9,11-13H,8H2,1H3,(H,23,24)/b;;10-6+;;. The lowest BCUT2D eigenvalue weighted by atomic mass is 9.90. The Kier molecular flexibility index (Phi) is 28.7. The summed E-state index contributed by atoms with van der Waals surface area (Å²) in [7, 11) is 0. The molecule has 2 atom stereocenters. The number of rotatable bonds is 19. The maximum absolute atomic E-state index is 14.1. The summed E-state index contributed by atoms with van der Waals surface area (Å²) in [5.41, 5.74) is 14.6. The van der Waals surface area contributed by atoms with Gasteiger partial charge in [-0.2, -0.15) is 26.3 Å². The molecule has 6 heterocycles. The van der Waals surface area contributed by atoms with Crippen LogP contribution in [0.5, 0.6) is 11.5 Å². The van der Waals surface area contributed by atoms with Gasteiger partial charge in [0.25, 0.3) is 0 Å². The number of thioether (sulfide) groups is 2. The Balaban J connectivity index is 0.000000131. The zero-order valence-electron chi connectivity index (χ0n) is 75.1. The first-order valence-electron chi connectivity index (χ1n) is 43.4. The van der Waals surface area contributed by atoms with Crippen molar-refractivity contribution in [3.63, 3.8) is 0 Å². The first kappa shape index (κ1) is 95.1. The number of nitriles is 5. The number of ether oxygens (including phenoxy) is 2. The average Bonchev–Trinajstić information content (AvgIpc) is 0.781. The van der Waals surface area contributed by atoms with Crippen LogP contribution in [-0.4, -0.2) is 103 Å². The molecule has 0 saturated heterocycles. The fraction of sp³-hybridized carbons (Fsp3) is 0.124. The predicted octanol–water partition coefficient (Wildman–Crippen LogP) is 25.4. The van der Waals surface area contributed by atoms with Gasteiger partial charge in [-0.15, -0.1) is 23.5 Å². The summed E-state index contributed by atoms with van der Waals surface area (Å²) < 4.78 is 23.7. The van der Waals surface area contributed by atoms with Gasteiger partial charge in [-0.1, -0.05) is 159 Å². The molecule has 25 heteroatoms. The van der Waals surface area contributed by atoms with E-state index in [0.29, 0.717) is 63.3 Å². The van der Waals surface area contributed by atoms with Gasteiger partial charge in [0.05, 0.1) is 64.9 Å². The normalized spacial score (nSPS) is 11.9. The second kappa shape index (κ2) is 41.7. The Morgan fingerprint density at radius 3 is 1.17 bits per heavy atom. The van der Waals surface area contributed by atoms with E-state index in [2.05, 4.69) is 61.3 Å². The molecule has 0 saturated carbocycles. The molecular formula is C113H83FN10O12S2. The van der Waals surface area contributed by atoms with E-state index in [1.807, 2.05) is 202 Å². The number of carbonyl (C=O) groups is 5. The minimum absolute atomic E-state index is 0.0612. The molecule has 676 valence electrons. The van der Waals surface area contributed by atoms with Gasteiger partial charge >= 0.3 is 29.8 Å². The lowest BCUT2D eigenvalue weighted by Crippen LogP contribution is -2.26. The first-order valence-corrected chi connectivity index (χ1v) is 45.1. The van der Waals surface area contributed by atoms with E-state index in [0.717, 1.165) is 164 Å². The van der Waals surface area contributed by atoms with E-state index in [-0.39, 0.29) is 30.5 Å². The van der Waals surface area contributed by atoms with Crippen molar-refractivity contribution in [3.05, 3.63) is 349 Å². The molecular weight excluding hydrogens is 1770 g/mol. The van der Waals surface area contributed by atoms with Crippen LogP contribution in [0.4, 0.5) is 4.39 Å². The van der Waals surface area contributed by atoms with Crippen molar-refractivity contribution in [3.8, 4) is 97.5 Å². The molecule has 0 spiro atoms. The highest BCUT2D eigenvalue weighted by Crippen LogP contribution is 2.47. The summed E-state index contributed by atoms with van der Waals surface area (Å²) in [6.07, 6.45) is 20.7. The molecule has 138 heavy (non-hydrogen) atoms. The van der Waals surface area contributed by atoms with Gasteiger partial charge in [-0.3, -0.25) is 44.1 Å². The van der Waals surface area contributed by atoms with Crippen molar-refractivity contribution in [2.45, 2.75) is 85.5 Å². The van der Waals surface area contributed by atoms with Crippen molar-refractivity contribution >= 4 is 146 Å². The summed E-state index contributed by atoms with van der Waals surface area (Å²) in [5, 5.41) is 107. The number of hydrogen-bond donors (Lipinski definition) is 5. The van der Waals surface area contributed by atoms with Crippen LogP contribution in [0, 0.1) is 62.5 Å². The van der Waals surface area contributed by atoms with Gasteiger partial charge in [-0.05, 0) is 213 Å². The molecule has 0 aliphatic carbocycles. The summed E-state index contributed by atoms with van der Waals surface area (Å²) in [4.78, 5) is 79.3. The van der Waals surface area contributed by atoms with Gasteiger partial charge in [0.15, 0.2) is 11.5 Å². The molecule has 1 aliphatic rings. The van der Waals surface area contributed by atoms with E-state index in [1.165, 1.54) is 35.7 Å². The molecule has 0 bridgehead atoms. The van der Waals surface area contributed by atoms with Gasteiger partial charge in [-0.25, -0.2) is 9.18 Å². The molecule has 0 radical (unpaired) electrons. The van der Waals surface area contributed by atoms with E-state index < -0.39 is 39.3 Å². The van der Waals surface area contributed by atoms with Crippen LogP contribution in [0.3, 0.4) is 0 Å². The topological polar surface area (TPSA) is 388 Å². The summed E-state index contributed by atoms with van der Waals surface area (Å²) in [6.45, 7) is 11.3. The summed E-state index contributed by atoms with van der Waals surface area (Å²) >= 11 is 2.55. The molecule has 13 aromatic carbocycles. The highest BCUT2D eigenvalue weighted by atomic mass is 32.2. The zero-order chi connectivity index (χ0) is 97.6. The van der Waals surface area contributed by atoms with Crippen molar-refractivity contribution in [1.29, 1.82) is 26.3 Å². The Morgan fingerprint density at radius 2 is 0.739 bits per heavy atom. The Labute approximate surface area is 800 Å². The van der Waals surface area contributed by atoms with E-state index in [9.17, 15) is 59.6 Å². The molecule has 18 aromatic rings. The van der Waals surface area contributed by atoms with Crippen molar-refractivity contribution < 1.29 is 63.4 Å². The van der Waals surface area contributed by atoms with E-state index in [1.54, 1.807) is 120 Å². The molecule has 5 aromatic heterocycles. The number of aromatic nitrogens is 5. The van der Waals surface area contributed by atoms with Crippen LogP contribution in [0.15, 0.2) is 308 Å². The SMILES string of the molecule is CC(C)(Sc1ccc2cncc(-c3ccc(C#N)c4c3OCCO4)c2c1)C(=O)O.CC(C)(Sc1ccc2cncc(-c3ccc(C#N)c4ccc(F)cc34)c2c1)C(=O)O.CC(CC(=O)O)c1ccc2cncc(-c3ccc(C#N)c4ccccc34)c2c1.CC(CC(=O)O)c1ccc2cncc(-c3ccc(C#N)cc3)c2c1.N#Cc1ccc(-c2cncc3ccc(/C=C/C(=O)O)cc23)c2ccccc12. The fourth-order valence-electron chi connectivity index (χ4n) is 16.4. The second-order valence-corrected chi connectivity index (χ2v) is 37.0. The highest BCUT2D eigenvalue weighted by molar-refractivity contribution is 8.01. The minimum atomic E-state index is -0.983. The van der Waals surface area contributed by atoms with Gasteiger partial charge < -0.3 is 35.0 Å². The van der Waals surface area contributed by atoms with Gasteiger partial charge in [0, 0.05) is 154 Å². The molecule has 5 N–H and O–H groups in total. The smallest absolute Gasteiger partial charge is 0.328 e. The second-order valence-electron chi connectivity index (χ2n) is 33.6. The number of carboxylic acid groups (broad SMARTS) is 5. The summed E-state index contributed by atoms with van der Waals surface area (Å²) in [6, 6.07) is 82.2. The number of pyridine rings is 5. The largest absolute Gasteiger partial charge is 0.485 e. The van der Waals surface area contributed by atoms with Crippen LogP contribution >= 0.6 is 23.5 Å². The number of hydrogen-bond acceptors (Lipinski definition) is 19. The van der Waals surface area contributed by atoms with Gasteiger partial charge in [0.2, 0.25) is 0 Å². The number of carboxylic acids is 5. The zero-order valence-corrected chi connectivity index (χ0v) is 76.7. The Morgan fingerprint density at radius 1 is 0.370 bits per heavy atom. The predicted molar refractivity (Wildman–Crippen MR) is 536 cm³/mol. The number of nitrogens with zero attached hydrogens (tertiary/aromatic N) is 10. The van der Waals surface area contributed by atoms with Gasteiger partial charge in [0.1, 0.15) is 34.6 Å².